The molecule has 1 fully saturated rings. The van der Waals surface area contributed by atoms with Gasteiger partial charge < -0.3 is 24.1 Å². The molecule has 1 N–H and O–H groups in total. The number of thiazole rings is 1. The van der Waals surface area contributed by atoms with Crippen LogP contribution in [-0.4, -0.2) is 48.7 Å². The number of methoxy groups -OCH3 is 1. The van der Waals surface area contributed by atoms with Gasteiger partial charge in [-0.1, -0.05) is 23.5 Å². The Bertz CT molecular complexity index is 1640. The molecule has 0 aliphatic carbocycles. The minimum atomic E-state index is -0.944. The smallest absolute Gasteiger partial charge is 0.301 e. The topological polar surface area (TPSA) is 107 Å². The summed E-state index contributed by atoms with van der Waals surface area (Å²) in [7, 11) is 1.54. The van der Waals surface area contributed by atoms with Gasteiger partial charge in [-0.2, -0.15) is 0 Å². The lowest BCUT2D eigenvalue weighted by molar-refractivity contribution is -0.132. The van der Waals surface area contributed by atoms with Crippen molar-refractivity contribution in [2.24, 2.45) is 0 Å². The lowest BCUT2D eigenvalue weighted by Gasteiger charge is -2.23. The van der Waals surface area contributed by atoms with Gasteiger partial charge in [-0.15, -0.1) is 0 Å². The van der Waals surface area contributed by atoms with Crippen LogP contribution in [0.3, 0.4) is 0 Å². The highest BCUT2D eigenvalue weighted by atomic mass is 32.1. The van der Waals surface area contributed by atoms with Crippen LogP contribution >= 0.6 is 11.3 Å². The molecule has 4 aromatic rings. The lowest BCUT2D eigenvalue weighted by atomic mass is 9.95. The Morgan fingerprint density at radius 1 is 1.05 bits per heavy atom. The number of aromatic nitrogens is 1. The fraction of sp³-hybridized carbons (Fsp3) is 0.207. The minimum Gasteiger partial charge on any atom is -0.507 e. The number of benzene rings is 3. The zero-order valence-electron chi connectivity index (χ0n) is 21.2. The van der Waals surface area contributed by atoms with Crippen molar-refractivity contribution in [3.8, 4) is 23.0 Å². The van der Waals surface area contributed by atoms with Gasteiger partial charge in [0, 0.05) is 5.56 Å². The number of carbonyl (C=O) groups is 2. The maximum absolute atomic E-state index is 13.6. The van der Waals surface area contributed by atoms with Gasteiger partial charge in [0.25, 0.3) is 5.78 Å². The van der Waals surface area contributed by atoms with Crippen LogP contribution in [0.1, 0.15) is 24.1 Å². The summed E-state index contributed by atoms with van der Waals surface area (Å²) >= 11 is 1.27. The fourth-order valence-corrected chi connectivity index (χ4v) is 5.78. The Morgan fingerprint density at radius 3 is 2.67 bits per heavy atom. The molecule has 1 saturated heterocycles. The molecule has 2 aliphatic heterocycles. The van der Waals surface area contributed by atoms with Crippen LogP contribution in [0.15, 0.2) is 66.2 Å². The second-order valence-electron chi connectivity index (χ2n) is 8.86. The molecular weight excluding hydrogens is 520 g/mol. The van der Waals surface area contributed by atoms with E-state index in [-0.39, 0.29) is 11.3 Å². The summed E-state index contributed by atoms with van der Waals surface area (Å²) in [5.41, 5.74) is 1.52. The number of nitrogens with zero attached hydrogens (tertiary/aromatic N) is 2. The predicted octanol–water partition coefficient (Wildman–Crippen LogP) is 5.10. The van der Waals surface area contributed by atoms with Crippen LogP contribution in [0.4, 0.5) is 5.13 Å². The van der Waals surface area contributed by atoms with E-state index >= 15 is 0 Å². The molecule has 1 atom stereocenters. The number of aliphatic hydroxyl groups excluding tert-OH is 1. The normalized spacial score (nSPS) is 18.0. The largest absolute Gasteiger partial charge is 0.507 e. The molecule has 3 heterocycles. The molecular formula is C29H24N2O7S. The number of rotatable bonds is 6. The van der Waals surface area contributed by atoms with E-state index < -0.39 is 17.7 Å². The maximum Gasteiger partial charge on any atom is 0.301 e. The number of anilines is 1. The first-order valence-electron chi connectivity index (χ1n) is 12.4. The molecule has 3 aromatic carbocycles. The Hall–Kier alpha value is -4.57. The third kappa shape index (κ3) is 4.32. The molecule has 0 radical (unpaired) electrons. The van der Waals surface area contributed by atoms with Crippen LogP contribution in [0.2, 0.25) is 0 Å². The summed E-state index contributed by atoms with van der Waals surface area (Å²) in [5.74, 6) is 0.307. The number of ketones is 1. The SMILES string of the molecule is CCOc1ccc2nc(N3C(=O)C(=O)C(=C(O)c4ccc5c(c4)OCCO5)[C@@H]3c3cccc(OC)c3)sc2c1. The Morgan fingerprint density at radius 2 is 1.87 bits per heavy atom. The number of ether oxygens (including phenoxy) is 4. The third-order valence-electron chi connectivity index (χ3n) is 6.54. The predicted molar refractivity (Wildman–Crippen MR) is 146 cm³/mol. The van der Waals surface area contributed by atoms with Gasteiger partial charge in [-0.3, -0.25) is 14.5 Å². The average Bonchev–Trinajstić information content (AvgIpc) is 3.50. The van der Waals surface area contributed by atoms with Crippen LogP contribution in [0.5, 0.6) is 23.0 Å². The van der Waals surface area contributed by atoms with Crippen LogP contribution in [0.25, 0.3) is 16.0 Å². The lowest BCUT2D eigenvalue weighted by Crippen LogP contribution is -2.29. The van der Waals surface area contributed by atoms with E-state index in [9.17, 15) is 14.7 Å². The molecule has 0 spiro atoms. The van der Waals surface area contributed by atoms with Crippen molar-refractivity contribution >= 4 is 44.1 Å². The Kier molecular flexibility index (Phi) is 6.32. The highest BCUT2D eigenvalue weighted by Gasteiger charge is 2.48. The van der Waals surface area contributed by atoms with Crippen molar-refractivity contribution in [3.63, 3.8) is 0 Å². The molecule has 198 valence electrons. The van der Waals surface area contributed by atoms with Crippen molar-refractivity contribution in [2.75, 3.05) is 31.8 Å². The quantitative estimate of drug-likeness (QED) is 0.203. The van der Waals surface area contributed by atoms with E-state index in [1.807, 2.05) is 25.1 Å². The molecule has 1 aromatic heterocycles. The van der Waals surface area contributed by atoms with Crippen molar-refractivity contribution in [2.45, 2.75) is 13.0 Å². The van der Waals surface area contributed by atoms with E-state index in [0.717, 1.165) is 4.70 Å². The van der Waals surface area contributed by atoms with E-state index in [4.69, 9.17) is 18.9 Å². The molecule has 6 rings (SSSR count). The second kappa shape index (κ2) is 9.95. The van der Waals surface area contributed by atoms with Crippen LogP contribution in [-0.2, 0) is 9.59 Å². The van der Waals surface area contributed by atoms with Gasteiger partial charge in [0.2, 0.25) is 0 Å². The minimum absolute atomic E-state index is 0.0563. The zero-order valence-corrected chi connectivity index (χ0v) is 22.0. The molecule has 1 amide bonds. The molecule has 0 unspecified atom stereocenters. The molecule has 9 nitrogen and oxygen atoms in total. The number of fused-ring (bicyclic) bond motifs is 2. The first kappa shape index (κ1) is 24.7. The average molecular weight is 545 g/mol. The number of carbonyl (C=O) groups excluding carboxylic acids is 2. The van der Waals surface area contributed by atoms with Gasteiger partial charge in [-0.25, -0.2) is 4.98 Å². The molecule has 0 saturated carbocycles. The van der Waals surface area contributed by atoms with Crippen LogP contribution < -0.4 is 23.8 Å². The van der Waals surface area contributed by atoms with Gasteiger partial charge in [0.05, 0.1) is 35.5 Å². The summed E-state index contributed by atoms with van der Waals surface area (Å²) < 4.78 is 23.1. The second-order valence-corrected chi connectivity index (χ2v) is 9.87. The molecule has 10 heteroatoms. The van der Waals surface area contributed by atoms with Gasteiger partial charge >= 0.3 is 5.91 Å². The van der Waals surface area contributed by atoms with E-state index in [1.54, 1.807) is 42.5 Å². The van der Waals surface area contributed by atoms with Gasteiger partial charge in [0.1, 0.15) is 30.5 Å². The summed E-state index contributed by atoms with van der Waals surface area (Å²) in [5, 5.41) is 11.8. The standard InChI is InChI=1S/C29H24N2O7S/c1-3-36-19-8-9-20-23(15-19)39-29(30-20)31-25(16-5-4-6-18(13-16)35-2)24(27(33)28(31)34)26(32)17-7-10-21-22(14-17)38-12-11-37-21/h4-10,13-15,25,32H,3,11-12H2,1-2H3/t25-/m0/s1. The first-order chi connectivity index (χ1) is 19.0. The van der Waals surface area contributed by atoms with Crippen molar-refractivity contribution in [3.05, 3.63) is 77.4 Å². The maximum atomic E-state index is 13.6. The van der Waals surface area contributed by atoms with E-state index in [1.165, 1.54) is 23.3 Å². The van der Waals surface area contributed by atoms with Crippen molar-refractivity contribution in [1.29, 1.82) is 0 Å². The number of Topliss-reactive ketones (excluding diaryl/α,β-unsaturated/α-hetero) is 1. The highest BCUT2D eigenvalue weighted by molar-refractivity contribution is 7.22. The highest BCUT2D eigenvalue weighted by Crippen LogP contribution is 2.45. The number of hydrogen-bond acceptors (Lipinski definition) is 9. The van der Waals surface area contributed by atoms with Crippen molar-refractivity contribution in [1.82, 2.24) is 4.98 Å². The van der Waals surface area contributed by atoms with Gasteiger partial charge in [0.15, 0.2) is 16.6 Å². The van der Waals surface area contributed by atoms with E-state index in [2.05, 4.69) is 4.98 Å². The Balaban J connectivity index is 1.52. The summed E-state index contributed by atoms with van der Waals surface area (Å²) in [4.78, 5) is 33.1. The van der Waals surface area contributed by atoms with E-state index in [0.29, 0.717) is 64.6 Å². The number of amides is 1. The third-order valence-corrected chi connectivity index (χ3v) is 7.55. The van der Waals surface area contributed by atoms with Gasteiger partial charge in [-0.05, 0) is 61.0 Å². The zero-order chi connectivity index (χ0) is 27.1. The molecule has 0 bridgehead atoms. The fourth-order valence-electron chi connectivity index (χ4n) is 4.76. The first-order valence-corrected chi connectivity index (χ1v) is 13.2. The van der Waals surface area contributed by atoms with Crippen LogP contribution in [0, 0.1) is 0 Å². The number of hydrogen-bond donors (Lipinski definition) is 1. The summed E-state index contributed by atoms with van der Waals surface area (Å²) in [6.07, 6.45) is 0. The summed E-state index contributed by atoms with van der Waals surface area (Å²) in [6.45, 7) is 3.21. The molecule has 39 heavy (non-hydrogen) atoms. The molecule has 2 aliphatic rings. The monoisotopic (exact) mass is 544 g/mol. The number of aliphatic hydroxyl groups is 1. The summed E-state index contributed by atoms with van der Waals surface area (Å²) in [6, 6.07) is 16.5. The van der Waals surface area contributed by atoms with Crippen molar-refractivity contribution < 1.29 is 33.6 Å². The Labute approximate surface area is 227 Å².